The molecule has 1 unspecified atom stereocenters. The number of amides is 2. The third-order valence-electron chi connectivity index (χ3n) is 4.77. The molecule has 2 aromatic carbocycles. The smallest absolute Gasteiger partial charge is 0.265 e. The third kappa shape index (κ3) is 5.28. The average molecular weight is 422 g/mol. The van der Waals surface area contributed by atoms with Gasteiger partial charge < -0.3 is 5.32 Å². The lowest BCUT2D eigenvalue weighted by Gasteiger charge is -2.21. The first-order valence-corrected chi connectivity index (χ1v) is 10.3. The van der Waals surface area contributed by atoms with E-state index in [-0.39, 0.29) is 23.3 Å². The highest BCUT2D eigenvalue weighted by atomic mass is 16.2. The molecule has 1 atom stereocenters. The second-order valence-corrected chi connectivity index (χ2v) is 7.63. The molecule has 0 radical (unpaired) electrons. The quantitative estimate of drug-likeness (QED) is 0.485. The number of hydrogen-bond donors (Lipinski definition) is 3. The predicted molar refractivity (Wildman–Crippen MR) is 120 cm³/mol. The Bertz CT molecular complexity index is 1130. The van der Waals surface area contributed by atoms with Crippen LogP contribution < -0.4 is 21.7 Å². The topological polar surface area (TPSA) is 105 Å². The van der Waals surface area contributed by atoms with Crippen LogP contribution in [0.2, 0.25) is 0 Å². The van der Waals surface area contributed by atoms with E-state index in [9.17, 15) is 14.4 Å². The van der Waals surface area contributed by atoms with E-state index in [4.69, 9.17) is 0 Å². The first kappa shape index (κ1) is 22.0. The number of hydrazine groups is 1. The number of benzene rings is 2. The number of aromatic nitrogens is 2. The second-order valence-electron chi connectivity index (χ2n) is 7.63. The van der Waals surface area contributed by atoms with Gasteiger partial charge in [-0.1, -0.05) is 56.3 Å². The van der Waals surface area contributed by atoms with Crippen LogP contribution in [-0.4, -0.2) is 21.4 Å². The number of fused-ring (bicyclic) bond motifs is 1. The summed E-state index contributed by atoms with van der Waals surface area (Å²) in [5, 5.41) is 3.29. The molecule has 1 heterocycles. The normalized spacial score (nSPS) is 11.9. The van der Waals surface area contributed by atoms with Gasteiger partial charge in [0.05, 0.1) is 10.9 Å². The highest BCUT2D eigenvalue weighted by molar-refractivity contribution is 5.89. The Hall–Kier alpha value is -3.68. The molecule has 0 aliphatic carbocycles. The Balaban J connectivity index is 1.84. The molecule has 2 amide bonds. The average Bonchev–Trinajstić information content (AvgIpc) is 2.76. The van der Waals surface area contributed by atoms with Crippen molar-refractivity contribution >= 4 is 28.7 Å². The van der Waals surface area contributed by atoms with Gasteiger partial charge in [-0.3, -0.25) is 29.8 Å². The number of carbonyl (C=O) groups is 2. The molecular formula is C23H27N5O3. The number of para-hydroxylation sites is 1. The molecule has 0 aliphatic heterocycles. The van der Waals surface area contributed by atoms with Crippen LogP contribution in [0.3, 0.4) is 0 Å². The molecule has 1 aromatic heterocycles. The molecule has 31 heavy (non-hydrogen) atoms. The maximum Gasteiger partial charge on any atom is 0.265 e. The van der Waals surface area contributed by atoms with E-state index in [2.05, 4.69) is 21.2 Å². The van der Waals surface area contributed by atoms with Gasteiger partial charge in [0, 0.05) is 13.0 Å². The molecule has 0 saturated carbocycles. The van der Waals surface area contributed by atoms with E-state index in [0.29, 0.717) is 29.4 Å². The van der Waals surface area contributed by atoms with Crippen LogP contribution in [0.5, 0.6) is 0 Å². The summed E-state index contributed by atoms with van der Waals surface area (Å²) in [5.41, 5.74) is 6.34. The Morgan fingerprint density at radius 3 is 2.39 bits per heavy atom. The van der Waals surface area contributed by atoms with Crippen molar-refractivity contribution < 1.29 is 9.59 Å². The van der Waals surface area contributed by atoms with E-state index in [1.807, 2.05) is 26.8 Å². The lowest BCUT2D eigenvalue weighted by molar-refractivity contribution is -0.129. The van der Waals surface area contributed by atoms with Crippen LogP contribution >= 0.6 is 0 Å². The van der Waals surface area contributed by atoms with Gasteiger partial charge in [-0.05, 0) is 30.5 Å². The highest BCUT2D eigenvalue weighted by Crippen LogP contribution is 2.15. The van der Waals surface area contributed by atoms with Crippen LogP contribution in [0.15, 0.2) is 59.4 Å². The standard InChI is InChI=1S/C23H27N5O3/c1-4-28-22(31)17-12-8-9-13-18(17)24-23(28)27-26-21(30)20(16-10-6-5-7-11-16)25-19(29)14-15(2)3/h5-13,15,20H,4,14H2,1-3H3,(H,24,27)(H,25,29)(H,26,30). The van der Waals surface area contributed by atoms with Gasteiger partial charge in [0.2, 0.25) is 11.9 Å². The van der Waals surface area contributed by atoms with Gasteiger partial charge >= 0.3 is 0 Å². The van der Waals surface area contributed by atoms with Gasteiger partial charge in [-0.2, -0.15) is 0 Å². The Labute approximate surface area is 180 Å². The van der Waals surface area contributed by atoms with Gasteiger partial charge in [-0.15, -0.1) is 0 Å². The maximum atomic E-state index is 13.0. The molecule has 8 nitrogen and oxygen atoms in total. The lowest BCUT2D eigenvalue weighted by Crippen LogP contribution is -2.43. The molecule has 3 N–H and O–H groups in total. The largest absolute Gasteiger partial charge is 0.340 e. The summed E-state index contributed by atoms with van der Waals surface area (Å²) in [6, 6.07) is 15.1. The summed E-state index contributed by atoms with van der Waals surface area (Å²) in [5.74, 6) is -0.292. The van der Waals surface area contributed by atoms with Crippen LogP contribution in [0.25, 0.3) is 10.9 Å². The zero-order valence-electron chi connectivity index (χ0n) is 17.9. The summed E-state index contributed by atoms with van der Waals surface area (Å²) in [7, 11) is 0. The second kappa shape index (κ2) is 9.88. The molecule has 0 spiro atoms. The molecule has 0 saturated heterocycles. The van der Waals surface area contributed by atoms with Crippen molar-refractivity contribution in [2.75, 3.05) is 5.43 Å². The summed E-state index contributed by atoms with van der Waals surface area (Å²) in [4.78, 5) is 42.5. The highest BCUT2D eigenvalue weighted by Gasteiger charge is 2.23. The summed E-state index contributed by atoms with van der Waals surface area (Å²) in [6.07, 6.45) is 0.311. The van der Waals surface area contributed by atoms with Gasteiger partial charge in [-0.25, -0.2) is 4.98 Å². The molecule has 162 valence electrons. The first-order chi connectivity index (χ1) is 14.9. The monoisotopic (exact) mass is 421 g/mol. The minimum atomic E-state index is -0.887. The summed E-state index contributed by atoms with van der Waals surface area (Å²) in [6.45, 7) is 6.08. The molecule has 8 heteroatoms. The van der Waals surface area contributed by atoms with Gasteiger partial charge in [0.25, 0.3) is 11.5 Å². The van der Waals surface area contributed by atoms with Crippen LogP contribution in [0, 0.1) is 5.92 Å². The van der Waals surface area contributed by atoms with E-state index >= 15 is 0 Å². The number of nitrogens with one attached hydrogen (secondary N) is 3. The maximum absolute atomic E-state index is 13.0. The van der Waals surface area contributed by atoms with E-state index in [0.717, 1.165) is 0 Å². The Morgan fingerprint density at radius 1 is 1.03 bits per heavy atom. The zero-order valence-corrected chi connectivity index (χ0v) is 17.9. The van der Waals surface area contributed by atoms with Crippen molar-refractivity contribution in [3.05, 3.63) is 70.5 Å². The molecule has 3 rings (SSSR count). The molecule has 0 bridgehead atoms. The van der Waals surface area contributed by atoms with Crippen molar-refractivity contribution in [2.45, 2.75) is 39.8 Å². The number of hydrogen-bond acceptors (Lipinski definition) is 5. The third-order valence-corrected chi connectivity index (χ3v) is 4.77. The van der Waals surface area contributed by atoms with E-state index < -0.39 is 11.9 Å². The van der Waals surface area contributed by atoms with E-state index in [1.54, 1.807) is 48.5 Å². The minimum Gasteiger partial charge on any atom is -0.340 e. The minimum absolute atomic E-state index is 0.165. The fourth-order valence-corrected chi connectivity index (χ4v) is 3.28. The fourth-order valence-electron chi connectivity index (χ4n) is 3.28. The zero-order chi connectivity index (χ0) is 22.4. The number of rotatable bonds is 8. The SMILES string of the molecule is CCn1c(NNC(=O)C(NC(=O)CC(C)C)c2ccccc2)nc2ccccc2c1=O. The van der Waals surface area contributed by atoms with Gasteiger partial charge in [0.15, 0.2) is 0 Å². The fraction of sp³-hybridized carbons (Fsp3) is 0.304. The number of nitrogens with zero attached hydrogens (tertiary/aromatic N) is 2. The van der Waals surface area contributed by atoms with Crippen LogP contribution in [0.1, 0.15) is 38.8 Å². The number of anilines is 1. The van der Waals surface area contributed by atoms with Crippen molar-refractivity contribution in [2.24, 2.45) is 5.92 Å². The van der Waals surface area contributed by atoms with Crippen LogP contribution in [-0.2, 0) is 16.1 Å². The molecule has 3 aromatic rings. The lowest BCUT2D eigenvalue weighted by atomic mass is 10.0. The molecular weight excluding hydrogens is 394 g/mol. The first-order valence-electron chi connectivity index (χ1n) is 10.3. The predicted octanol–water partition coefficient (Wildman–Crippen LogP) is 2.76. The Morgan fingerprint density at radius 2 is 1.71 bits per heavy atom. The summed E-state index contributed by atoms with van der Waals surface area (Å²) < 4.78 is 1.44. The van der Waals surface area contributed by atoms with Crippen molar-refractivity contribution in [1.82, 2.24) is 20.3 Å². The molecule has 0 fully saturated rings. The van der Waals surface area contributed by atoms with Crippen molar-refractivity contribution in [3.8, 4) is 0 Å². The van der Waals surface area contributed by atoms with Crippen molar-refractivity contribution in [1.29, 1.82) is 0 Å². The van der Waals surface area contributed by atoms with E-state index in [1.165, 1.54) is 4.57 Å². The van der Waals surface area contributed by atoms with Crippen LogP contribution in [0.4, 0.5) is 5.95 Å². The summed E-state index contributed by atoms with van der Waals surface area (Å²) >= 11 is 0. The Kier molecular flexibility index (Phi) is 7.02. The van der Waals surface area contributed by atoms with Crippen molar-refractivity contribution in [3.63, 3.8) is 0 Å². The van der Waals surface area contributed by atoms with Gasteiger partial charge in [0.1, 0.15) is 6.04 Å². The number of carbonyl (C=O) groups excluding carboxylic acids is 2. The molecule has 0 aliphatic rings.